The normalized spacial score (nSPS) is 10.5. The maximum absolute atomic E-state index is 13.2. The average molecular weight is 278 g/mol. The summed E-state index contributed by atoms with van der Waals surface area (Å²) in [6.07, 6.45) is 0.786. The molecule has 0 aliphatic rings. The summed E-state index contributed by atoms with van der Waals surface area (Å²) in [6.45, 7) is 0. The van der Waals surface area contributed by atoms with E-state index in [0.29, 0.717) is 12.1 Å². The molecule has 1 heterocycles. The van der Waals surface area contributed by atoms with Gasteiger partial charge in [0.2, 0.25) is 5.28 Å². The Morgan fingerprint density at radius 2 is 1.61 bits per heavy atom. The van der Waals surface area contributed by atoms with Crippen molar-refractivity contribution in [2.45, 2.75) is 0 Å². The fraction of sp³-hybridized carbons (Fsp3) is 0. The molecule has 8 heteroatoms. The molecule has 0 spiro atoms. The predicted octanol–water partition coefficient (Wildman–Crippen LogP) is 3.43. The number of nitrogens with one attached hydrogen (secondary N) is 1. The van der Waals surface area contributed by atoms with E-state index in [1.165, 1.54) is 0 Å². The zero-order valence-electron chi connectivity index (χ0n) is 8.52. The van der Waals surface area contributed by atoms with Gasteiger partial charge in [-0.3, -0.25) is 0 Å². The van der Waals surface area contributed by atoms with E-state index in [1.807, 2.05) is 0 Å². The van der Waals surface area contributed by atoms with Crippen LogP contribution in [0.3, 0.4) is 0 Å². The van der Waals surface area contributed by atoms with E-state index in [2.05, 4.69) is 15.3 Å². The van der Waals surface area contributed by atoms with Crippen molar-refractivity contribution in [3.8, 4) is 0 Å². The number of anilines is 2. The van der Waals surface area contributed by atoms with Crippen LogP contribution < -0.4 is 5.32 Å². The van der Waals surface area contributed by atoms with Gasteiger partial charge in [-0.05, 0) is 11.6 Å². The number of nitrogens with zero attached hydrogens (tertiary/aromatic N) is 2. The van der Waals surface area contributed by atoms with Crippen LogP contribution in [0.1, 0.15) is 0 Å². The molecule has 0 amide bonds. The first-order valence-electron chi connectivity index (χ1n) is 4.57. The lowest BCUT2D eigenvalue weighted by molar-refractivity contribution is 0.448. The number of rotatable bonds is 2. The standard InChI is InChI=1S/C10H4ClF4N3/c11-10-16-3-7(14)9(18-10)17-4-1-5(12)8(15)6(13)2-4/h1-3H,(H,16,17,18). The van der Waals surface area contributed by atoms with Crippen molar-refractivity contribution in [3.63, 3.8) is 0 Å². The average Bonchev–Trinajstić information content (AvgIpc) is 2.31. The molecular formula is C10H4ClF4N3. The molecule has 0 bridgehead atoms. The van der Waals surface area contributed by atoms with Gasteiger partial charge >= 0.3 is 0 Å². The molecule has 3 nitrogen and oxygen atoms in total. The fourth-order valence-corrected chi connectivity index (χ4v) is 1.33. The molecule has 0 radical (unpaired) electrons. The van der Waals surface area contributed by atoms with Crippen LogP contribution in [0.25, 0.3) is 0 Å². The molecule has 0 unspecified atom stereocenters. The van der Waals surface area contributed by atoms with Crippen LogP contribution in [0, 0.1) is 23.3 Å². The first-order valence-corrected chi connectivity index (χ1v) is 4.95. The topological polar surface area (TPSA) is 37.8 Å². The summed E-state index contributed by atoms with van der Waals surface area (Å²) >= 11 is 5.43. The number of aromatic nitrogens is 2. The second kappa shape index (κ2) is 4.77. The Hall–Kier alpha value is -1.89. The molecule has 0 atom stereocenters. The fourth-order valence-electron chi connectivity index (χ4n) is 1.20. The highest BCUT2D eigenvalue weighted by Crippen LogP contribution is 2.22. The first kappa shape index (κ1) is 12.6. The highest BCUT2D eigenvalue weighted by atomic mass is 35.5. The van der Waals surface area contributed by atoms with Crippen molar-refractivity contribution in [2.75, 3.05) is 5.32 Å². The zero-order chi connectivity index (χ0) is 13.3. The van der Waals surface area contributed by atoms with Crippen molar-refractivity contribution in [1.29, 1.82) is 0 Å². The Bertz CT molecular complexity index is 583. The molecule has 2 rings (SSSR count). The minimum absolute atomic E-state index is 0.208. The molecule has 1 aromatic carbocycles. The van der Waals surface area contributed by atoms with Gasteiger partial charge < -0.3 is 5.32 Å². The highest BCUT2D eigenvalue weighted by molar-refractivity contribution is 6.28. The number of benzene rings is 1. The van der Waals surface area contributed by atoms with Crippen LogP contribution in [-0.2, 0) is 0 Å². The van der Waals surface area contributed by atoms with Gasteiger partial charge in [-0.25, -0.2) is 22.5 Å². The number of halogens is 5. The van der Waals surface area contributed by atoms with Crippen molar-refractivity contribution in [2.24, 2.45) is 0 Å². The third-order valence-electron chi connectivity index (χ3n) is 1.96. The summed E-state index contributed by atoms with van der Waals surface area (Å²) in [5.41, 5.74) is -0.208. The van der Waals surface area contributed by atoms with Gasteiger partial charge in [0.05, 0.1) is 6.20 Å². The Balaban J connectivity index is 2.37. The van der Waals surface area contributed by atoms with E-state index < -0.39 is 23.3 Å². The molecule has 0 aliphatic carbocycles. The summed E-state index contributed by atoms with van der Waals surface area (Å²) in [5, 5.41) is 2.02. The van der Waals surface area contributed by atoms with E-state index in [9.17, 15) is 17.6 Å². The lowest BCUT2D eigenvalue weighted by Crippen LogP contribution is -2.01. The maximum atomic E-state index is 13.2. The van der Waals surface area contributed by atoms with Crippen molar-refractivity contribution >= 4 is 23.1 Å². The second-order valence-corrected chi connectivity index (χ2v) is 3.55. The van der Waals surface area contributed by atoms with E-state index in [1.54, 1.807) is 0 Å². The third-order valence-corrected chi connectivity index (χ3v) is 2.14. The lowest BCUT2D eigenvalue weighted by atomic mass is 10.3. The predicted molar refractivity (Wildman–Crippen MR) is 56.6 cm³/mol. The molecule has 1 N–H and O–H groups in total. The van der Waals surface area contributed by atoms with Crippen LogP contribution >= 0.6 is 11.6 Å². The Morgan fingerprint density at radius 3 is 2.22 bits per heavy atom. The Kier molecular flexibility index (Phi) is 3.33. The largest absolute Gasteiger partial charge is 0.337 e. The maximum Gasteiger partial charge on any atom is 0.224 e. The van der Waals surface area contributed by atoms with Gasteiger partial charge in [-0.15, -0.1) is 0 Å². The molecule has 0 aliphatic heterocycles. The summed E-state index contributed by atoms with van der Waals surface area (Å²) < 4.78 is 51.8. The summed E-state index contributed by atoms with van der Waals surface area (Å²) in [4.78, 5) is 6.84. The molecular weight excluding hydrogens is 274 g/mol. The van der Waals surface area contributed by atoms with Crippen LogP contribution in [0.2, 0.25) is 5.28 Å². The smallest absolute Gasteiger partial charge is 0.224 e. The summed E-state index contributed by atoms with van der Waals surface area (Å²) in [5.74, 6) is -5.66. The quantitative estimate of drug-likeness (QED) is 0.519. The van der Waals surface area contributed by atoms with Crippen molar-refractivity contribution < 1.29 is 17.6 Å². The molecule has 0 saturated carbocycles. The van der Waals surface area contributed by atoms with Gasteiger partial charge in [0.15, 0.2) is 29.1 Å². The Labute approximate surface area is 103 Å². The van der Waals surface area contributed by atoms with Crippen LogP contribution in [0.4, 0.5) is 29.1 Å². The molecule has 18 heavy (non-hydrogen) atoms. The van der Waals surface area contributed by atoms with Gasteiger partial charge in [-0.2, -0.15) is 4.98 Å². The molecule has 0 saturated heterocycles. The van der Waals surface area contributed by atoms with E-state index in [4.69, 9.17) is 11.6 Å². The number of hydrogen-bond acceptors (Lipinski definition) is 3. The van der Waals surface area contributed by atoms with Crippen LogP contribution in [-0.4, -0.2) is 9.97 Å². The van der Waals surface area contributed by atoms with Crippen LogP contribution in [0.5, 0.6) is 0 Å². The first-order chi connectivity index (χ1) is 8.47. The minimum Gasteiger partial charge on any atom is -0.337 e. The second-order valence-electron chi connectivity index (χ2n) is 3.21. The van der Waals surface area contributed by atoms with Gasteiger partial charge in [0.1, 0.15) is 0 Å². The zero-order valence-corrected chi connectivity index (χ0v) is 9.27. The van der Waals surface area contributed by atoms with Crippen molar-refractivity contribution in [3.05, 3.63) is 46.9 Å². The molecule has 1 aromatic heterocycles. The molecule has 0 fully saturated rings. The lowest BCUT2D eigenvalue weighted by Gasteiger charge is -2.07. The van der Waals surface area contributed by atoms with Gasteiger partial charge in [-0.1, -0.05) is 0 Å². The summed E-state index contributed by atoms with van der Waals surface area (Å²) in [6, 6.07) is 1.32. The van der Waals surface area contributed by atoms with Crippen LogP contribution in [0.15, 0.2) is 18.3 Å². The molecule has 2 aromatic rings. The van der Waals surface area contributed by atoms with E-state index >= 15 is 0 Å². The van der Waals surface area contributed by atoms with E-state index in [0.717, 1.165) is 6.20 Å². The number of hydrogen-bond donors (Lipinski definition) is 1. The van der Waals surface area contributed by atoms with Crippen molar-refractivity contribution in [1.82, 2.24) is 9.97 Å². The Morgan fingerprint density at radius 1 is 1.00 bits per heavy atom. The minimum atomic E-state index is -1.61. The van der Waals surface area contributed by atoms with E-state index in [-0.39, 0.29) is 16.8 Å². The SMILES string of the molecule is Fc1cnc(Cl)nc1Nc1cc(F)c(F)c(F)c1. The monoisotopic (exact) mass is 277 g/mol. The highest BCUT2D eigenvalue weighted by Gasteiger charge is 2.12. The summed E-state index contributed by atoms with van der Waals surface area (Å²) in [7, 11) is 0. The van der Waals surface area contributed by atoms with Gasteiger partial charge in [0.25, 0.3) is 0 Å². The van der Waals surface area contributed by atoms with Gasteiger partial charge in [0, 0.05) is 17.8 Å². The molecule has 94 valence electrons. The third kappa shape index (κ3) is 2.51.